The van der Waals surface area contributed by atoms with E-state index in [0.717, 1.165) is 54.9 Å². The standard InChI is InChI=1S/C48H67N5O6/c1-8-58-45-33(27-53-44(43(31(3)55)42(29-54)59-53)47(57)50-41-26-36-25-40(30(41)2)48(36,4)5)17-14-18-39(45)34-22-35(24-38(23-34)51(6)7)46(56)49-37(28-52-19-12-13-20-52)21-32-15-10-9-11-16-32/h9-11,14-18,22-24,30-31,36-37,40-44,54-55H,8,12-13,19-21,25-29H2,1-7H3,(H,49,56)(H,50,57)/t30-,31-,36+,37-,40+,41-,42-,43+,44-/m0/s1. The largest absolute Gasteiger partial charge is 0.493 e. The number of nitrogens with zero attached hydrogens (tertiary/aromatic N) is 3. The van der Waals surface area contributed by atoms with Crippen LogP contribution in [0.1, 0.15) is 81.8 Å². The second-order valence-corrected chi connectivity index (χ2v) is 18.5. The molecule has 0 aromatic heterocycles. The number of rotatable bonds is 16. The average molecular weight is 810 g/mol. The summed E-state index contributed by atoms with van der Waals surface area (Å²) in [4.78, 5) is 39.5. The van der Waals surface area contributed by atoms with Gasteiger partial charge in [-0.25, -0.2) is 0 Å². The fourth-order valence-electron chi connectivity index (χ4n) is 10.7. The molecule has 2 heterocycles. The van der Waals surface area contributed by atoms with Gasteiger partial charge in [-0.05, 0) is 112 Å². The van der Waals surface area contributed by atoms with Crippen molar-refractivity contribution >= 4 is 17.5 Å². The number of hydroxylamine groups is 2. The molecule has 5 fully saturated rings. The van der Waals surface area contributed by atoms with E-state index in [1.165, 1.54) is 24.8 Å². The number of hydrogen-bond donors (Lipinski definition) is 4. The summed E-state index contributed by atoms with van der Waals surface area (Å²) in [5.74, 6) is 1.12. The van der Waals surface area contributed by atoms with E-state index >= 15 is 0 Å². The van der Waals surface area contributed by atoms with Gasteiger partial charge in [-0.15, -0.1) is 0 Å². The van der Waals surface area contributed by atoms with E-state index in [2.05, 4.69) is 54.5 Å². The SMILES string of the molecule is CCOc1c(CN2O[C@@H](CO)[C@@H]([C@H](C)O)[C@H]2C(=O)N[C@H]2C[C@H]3C[C@H]([C@@H]2C)C3(C)C)cccc1-c1cc(C(=O)N[C@@H](Cc2ccccc2)CN2CCCC2)cc(N(C)C)c1. The minimum absolute atomic E-state index is 0.0375. The zero-order valence-electron chi connectivity index (χ0n) is 36.2. The molecule has 3 aliphatic carbocycles. The molecule has 11 nitrogen and oxygen atoms in total. The van der Waals surface area contributed by atoms with E-state index in [1.54, 1.807) is 12.0 Å². The maximum Gasteiger partial charge on any atom is 0.251 e. The lowest BCUT2D eigenvalue weighted by Gasteiger charge is -2.62. The van der Waals surface area contributed by atoms with Crippen LogP contribution < -0.4 is 20.3 Å². The van der Waals surface area contributed by atoms with Crippen LogP contribution in [-0.2, 0) is 22.6 Å². The van der Waals surface area contributed by atoms with Crippen LogP contribution in [0.4, 0.5) is 5.69 Å². The molecule has 9 atom stereocenters. The number of ether oxygens (including phenoxy) is 1. The number of para-hydroxylation sites is 1. The zero-order chi connectivity index (χ0) is 42.0. The maximum absolute atomic E-state index is 14.4. The molecule has 11 heteroatoms. The van der Waals surface area contributed by atoms with Crippen LogP contribution in [0.15, 0.2) is 66.7 Å². The van der Waals surface area contributed by atoms with Gasteiger partial charge >= 0.3 is 0 Å². The second-order valence-electron chi connectivity index (χ2n) is 18.5. The summed E-state index contributed by atoms with van der Waals surface area (Å²) in [6.45, 7) is 13.7. The molecule has 59 heavy (non-hydrogen) atoms. The molecular formula is C48H67N5O6. The highest BCUT2D eigenvalue weighted by atomic mass is 16.7. The number of carbonyl (C=O) groups excluding carboxylic acids is 2. The molecule has 2 aliphatic heterocycles. The Morgan fingerprint density at radius 1 is 1.03 bits per heavy atom. The van der Waals surface area contributed by atoms with E-state index in [1.807, 2.05) is 74.4 Å². The third kappa shape index (κ3) is 9.20. The fraction of sp³-hybridized carbons (Fsp3) is 0.583. The Hall–Kier alpha value is -4.00. The van der Waals surface area contributed by atoms with Crippen LogP contribution in [0, 0.1) is 29.1 Å². The van der Waals surface area contributed by atoms with Gasteiger partial charge in [0.25, 0.3) is 5.91 Å². The molecule has 3 aromatic rings. The highest BCUT2D eigenvalue weighted by Crippen LogP contribution is 2.61. The van der Waals surface area contributed by atoms with E-state index in [4.69, 9.17) is 9.57 Å². The first-order valence-electron chi connectivity index (χ1n) is 22.0. The predicted molar refractivity (Wildman–Crippen MR) is 232 cm³/mol. The predicted octanol–water partition coefficient (Wildman–Crippen LogP) is 5.92. The summed E-state index contributed by atoms with van der Waals surface area (Å²) >= 11 is 0. The summed E-state index contributed by atoms with van der Waals surface area (Å²) < 4.78 is 6.43. The molecule has 8 rings (SSSR count). The first-order chi connectivity index (χ1) is 28.3. The Morgan fingerprint density at radius 3 is 2.42 bits per heavy atom. The van der Waals surface area contributed by atoms with Crippen molar-refractivity contribution < 1.29 is 29.4 Å². The third-order valence-electron chi connectivity index (χ3n) is 14.1. The summed E-state index contributed by atoms with van der Waals surface area (Å²) in [5.41, 5.74) is 5.32. The second kappa shape index (κ2) is 18.3. The van der Waals surface area contributed by atoms with E-state index in [-0.39, 0.29) is 42.5 Å². The Morgan fingerprint density at radius 2 is 1.78 bits per heavy atom. The quantitative estimate of drug-likeness (QED) is 0.140. The molecule has 2 saturated heterocycles. The lowest BCUT2D eigenvalue weighted by Crippen LogP contribution is -2.62. The molecule has 3 saturated carbocycles. The van der Waals surface area contributed by atoms with Crippen molar-refractivity contribution in [3.05, 3.63) is 83.4 Å². The van der Waals surface area contributed by atoms with Crippen LogP contribution in [0.3, 0.4) is 0 Å². The molecule has 5 aliphatic rings. The van der Waals surface area contributed by atoms with Gasteiger partial charge in [0.1, 0.15) is 17.9 Å². The van der Waals surface area contributed by atoms with Crippen LogP contribution in [0.25, 0.3) is 11.1 Å². The minimum Gasteiger partial charge on any atom is -0.493 e. The van der Waals surface area contributed by atoms with Crippen LogP contribution >= 0.6 is 0 Å². The van der Waals surface area contributed by atoms with Crippen LogP contribution in [0.2, 0.25) is 0 Å². The number of hydrogen-bond acceptors (Lipinski definition) is 9. The number of amides is 2. The molecule has 0 radical (unpaired) electrons. The lowest BCUT2D eigenvalue weighted by molar-refractivity contribution is -0.183. The molecular weight excluding hydrogens is 743 g/mol. The lowest BCUT2D eigenvalue weighted by atomic mass is 9.45. The monoisotopic (exact) mass is 810 g/mol. The van der Waals surface area contributed by atoms with E-state index in [0.29, 0.717) is 35.7 Å². The fourth-order valence-corrected chi connectivity index (χ4v) is 10.7. The number of likely N-dealkylation sites (tertiary alicyclic amines) is 1. The van der Waals surface area contributed by atoms with Crippen molar-refractivity contribution in [2.45, 2.75) is 104 Å². The summed E-state index contributed by atoms with van der Waals surface area (Å²) in [6, 6.07) is 21.3. The van der Waals surface area contributed by atoms with Crippen molar-refractivity contribution in [3.8, 4) is 16.9 Å². The first-order valence-corrected chi connectivity index (χ1v) is 22.0. The Kier molecular flexibility index (Phi) is 13.4. The number of anilines is 1. The van der Waals surface area contributed by atoms with Gasteiger partial charge in [0.15, 0.2) is 0 Å². The van der Waals surface area contributed by atoms with Gasteiger partial charge in [-0.2, -0.15) is 5.06 Å². The van der Waals surface area contributed by atoms with Crippen molar-refractivity contribution in [2.24, 2.45) is 29.1 Å². The van der Waals surface area contributed by atoms with Gasteiger partial charge in [-0.3, -0.25) is 14.4 Å². The zero-order valence-corrected chi connectivity index (χ0v) is 36.2. The molecule has 4 N–H and O–H groups in total. The molecule has 3 aromatic carbocycles. The number of fused-ring (bicyclic) bond motifs is 2. The van der Waals surface area contributed by atoms with Gasteiger partial charge in [0, 0.05) is 61.0 Å². The van der Waals surface area contributed by atoms with Gasteiger partial charge in [0.2, 0.25) is 5.91 Å². The van der Waals surface area contributed by atoms with Gasteiger partial charge in [-0.1, -0.05) is 69.3 Å². The minimum atomic E-state index is -0.900. The van der Waals surface area contributed by atoms with Crippen molar-refractivity contribution in [1.82, 2.24) is 20.6 Å². The number of carbonyl (C=O) groups is 2. The number of nitrogens with one attached hydrogen (secondary N) is 2. The van der Waals surface area contributed by atoms with Crippen molar-refractivity contribution in [2.75, 3.05) is 51.8 Å². The molecule has 0 spiro atoms. The van der Waals surface area contributed by atoms with Crippen molar-refractivity contribution in [1.29, 1.82) is 0 Å². The molecule has 320 valence electrons. The first kappa shape index (κ1) is 43.1. The third-order valence-corrected chi connectivity index (χ3v) is 14.1. The molecule has 0 unspecified atom stereocenters. The average Bonchev–Trinajstić information content (AvgIpc) is 3.87. The maximum atomic E-state index is 14.4. The van der Waals surface area contributed by atoms with E-state index < -0.39 is 24.2 Å². The van der Waals surface area contributed by atoms with Gasteiger partial charge in [0.05, 0.1) is 25.9 Å². The molecule has 2 amide bonds. The summed E-state index contributed by atoms with van der Waals surface area (Å²) in [7, 11) is 3.94. The summed E-state index contributed by atoms with van der Waals surface area (Å²) in [5, 5.41) is 29.9. The number of aliphatic hydroxyl groups excluding tert-OH is 2. The van der Waals surface area contributed by atoms with Crippen LogP contribution in [0.5, 0.6) is 5.75 Å². The van der Waals surface area contributed by atoms with E-state index in [9.17, 15) is 19.8 Å². The molecule has 2 bridgehead atoms. The Labute approximate surface area is 351 Å². The van der Waals surface area contributed by atoms with Crippen LogP contribution in [-0.4, -0.2) is 109 Å². The summed E-state index contributed by atoms with van der Waals surface area (Å²) in [6.07, 6.45) is 3.58. The normalized spacial score (nSPS) is 27.4. The van der Waals surface area contributed by atoms with Gasteiger partial charge < -0.3 is 35.4 Å². The number of aliphatic hydroxyl groups is 2. The Balaban J connectivity index is 1.17. The van der Waals surface area contributed by atoms with Crippen molar-refractivity contribution in [3.63, 3.8) is 0 Å². The highest BCUT2D eigenvalue weighted by molar-refractivity contribution is 5.97. The topological polar surface area (TPSA) is 127 Å². The highest BCUT2D eigenvalue weighted by Gasteiger charge is 2.57. The number of benzene rings is 3. The smallest absolute Gasteiger partial charge is 0.251 e. The Bertz CT molecular complexity index is 1910.